The molecule has 1 aromatic heterocycles. The molecule has 6 unspecified atom stereocenters. The highest BCUT2D eigenvalue weighted by Gasteiger charge is 2.71. The fourth-order valence-corrected chi connectivity index (χ4v) is 8.36. The van der Waals surface area contributed by atoms with Gasteiger partial charge in [-0.05, 0) is 61.9 Å². The van der Waals surface area contributed by atoms with E-state index >= 15 is 0 Å². The summed E-state index contributed by atoms with van der Waals surface area (Å²) in [6.45, 7) is 1.58. The van der Waals surface area contributed by atoms with Crippen molar-refractivity contribution in [1.29, 1.82) is 0 Å². The number of allylic oxidation sites excluding steroid dienone is 2. The van der Waals surface area contributed by atoms with E-state index in [0.717, 1.165) is 16.1 Å². The Hall–Kier alpha value is -5.03. The first-order valence-electron chi connectivity index (χ1n) is 15.9. The summed E-state index contributed by atoms with van der Waals surface area (Å²) in [4.78, 5) is 69.4. The van der Waals surface area contributed by atoms with E-state index in [-0.39, 0.29) is 50.6 Å². The molecule has 4 amide bonds. The number of hydrogen-bond donors (Lipinski definition) is 3. The van der Waals surface area contributed by atoms with Crippen LogP contribution in [0.3, 0.4) is 0 Å². The number of furan rings is 1. The Bertz CT molecular complexity index is 1800. The minimum absolute atomic E-state index is 0.00351. The highest BCUT2D eigenvalue weighted by Crippen LogP contribution is 2.64. The van der Waals surface area contributed by atoms with Gasteiger partial charge >= 0.3 is 5.97 Å². The Balaban J connectivity index is 1.37. The summed E-state index contributed by atoms with van der Waals surface area (Å²) < 4.78 is 6.17. The van der Waals surface area contributed by atoms with Crippen LogP contribution in [0.4, 0.5) is 5.69 Å². The zero-order valence-corrected chi connectivity index (χ0v) is 25.8. The lowest BCUT2D eigenvalue weighted by Gasteiger charge is -2.49. The Morgan fingerprint density at radius 1 is 0.957 bits per heavy atom. The van der Waals surface area contributed by atoms with Crippen LogP contribution >= 0.6 is 0 Å². The molecule has 3 fully saturated rings. The minimum atomic E-state index is -1.46. The number of aliphatic carboxylic acids is 1. The molecule has 3 heterocycles. The van der Waals surface area contributed by atoms with E-state index < -0.39 is 52.8 Å². The van der Waals surface area contributed by atoms with Gasteiger partial charge in [-0.15, -0.1) is 0 Å². The number of rotatable bonds is 9. The van der Waals surface area contributed by atoms with Crippen LogP contribution in [0.15, 0.2) is 82.8 Å². The second-order valence-electron chi connectivity index (χ2n) is 12.9. The van der Waals surface area contributed by atoms with Gasteiger partial charge in [0.05, 0.1) is 29.4 Å². The van der Waals surface area contributed by atoms with Crippen molar-refractivity contribution in [2.24, 2.45) is 23.7 Å². The van der Waals surface area contributed by atoms with E-state index in [9.17, 15) is 29.1 Å². The molecule has 11 heteroatoms. The standard InChI is InChI=1S/C36H35N3O8/c1-20-9-11-22(12-10-20)37-39-33(44)27-18-26-24(14-15-25-30(26)34(45)38(32(25)43)17-5-8-29(41)42)31(28-16-13-23(19-40)47-28)36(27,35(39)46)21-6-3-2-4-7-21/h2-4,6-7,9-14,16,25-27,30-31,37,40H,5,8,15,17-19H2,1H3,(H,41,42). The third-order valence-corrected chi connectivity index (χ3v) is 10.4. The number of carbonyl (C=O) groups is 5. The molecule has 7 rings (SSSR count). The fourth-order valence-electron chi connectivity index (χ4n) is 8.36. The Kier molecular flexibility index (Phi) is 7.59. The summed E-state index contributed by atoms with van der Waals surface area (Å²) in [6.07, 6.45) is 2.30. The number of hydrogen-bond acceptors (Lipinski definition) is 8. The number of aliphatic hydroxyl groups is 1. The summed E-state index contributed by atoms with van der Waals surface area (Å²) in [5.41, 5.74) is 4.54. The third-order valence-electron chi connectivity index (χ3n) is 10.4. The maximum absolute atomic E-state index is 15.0. The van der Waals surface area contributed by atoms with Gasteiger partial charge in [-0.25, -0.2) is 0 Å². The van der Waals surface area contributed by atoms with Gasteiger partial charge in [0.15, 0.2) is 0 Å². The normalized spacial score (nSPS) is 28.2. The van der Waals surface area contributed by atoms with Gasteiger partial charge < -0.3 is 14.6 Å². The van der Waals surface area contributed by atoms with Crippen LogP contribution in [-0.2, 0) is 36.0 Å². The molecule has 2 aliphatic carbocycles. The predicted octanol–water partition coefficient (Wildman–Crippen LogP) is 3.93. The number of nitrogens with one attached hydrogen (secondary N) is 1. The van der Waals surface area contributed by atoms with Crippen LogP contribution in [0.25, 0.3) is 0 Å². The molecular formula is C36H35N3O8. The number of aliphatic hydroxyl groups excluding tert-OH is 1. The average Bonchev–Trinajstić information content (AvgIpc) is 3.71. The molecule has 0 radical (unpaired) electrons. The van der Waals surface area contributed by atoms with Gasteiger partial charge in [0, 0.05) is 13.0 Å². The van der Waals surface area contributed by atoms with Crippen LogP contribution in [-0.4, -0.2) is 56.3 Å². The minimum Gasteiger partial charge on any atom is -0.481 e. The first kappa shape index (κ1) is 30.6. The highest BCUT2D eigenvalue weighted by molar-refractivity contribution is 6.13. The van der Waals surface area contributed by atoms with E-state index in [1.54, 1.807) is 24.3 Å². The zero-order chi connectivity index (χ0) is 33.0. The lowest BCUT2D eigenvalue weighted by molar-refractivity contribution is -0.142. The van der Waals surface area contributed by atoms with Crippen molar-refractivity contribution in [3.05, 3.63) is 101 Å². The molecule has 1 saturated carbocycles. The fraction of sp³-hybridized carbons (Fsp3) is 0.361. The van der Waals surface area contributed by atoms with Gasteiger partial charge in [0.25, 0.3) is 11.8 Å². The molecule has 0 bridgehead atoms. The van der Waals surface area contributed by atoms with E-state index in [0.29, 0.717) is 22.8 Å². The molecule has 3 aromatic rings. The third kappa shape index (κ3) is 4.71. The van der Waals surface area contributed by atoms with Gasteiger partial charge in [0.1, 0.15) is 23.5 Å². The van der Waals surface area contributed by atoms with Gasteiger partial charge in [-0.3, -0.25) is 34.3 Å². The first-order valence-corrected chi connectivity index (χ1v) is 15.9. The summed E-state index contributed by atoms with van der Waals surface area (Å²) in [7, 11) is 0. The predicted molar refractivity (Wildman–Crippen MR) is 167 cm³/mol. The van der Waals surface area contributed by atoms with Crippen LogP contribution in [0.1, 0.15) is 54.2 Å². The zero-order valence-electron chi connectivity index (χ0n) is 25.8. The number of amides is 4. The number of carbonyl (C=O) groups excluding carboxylic acids is 4. The van der Waals surface area contributed by atoms with Crippen molar-refractivity contribution in [3.63, 3.8) is 0 Å². The molecule has 2 aliphatic heterocycles. The molecule has 0 spiro atoms. The quantitative estimate of drug-likeness (QED) is 0.234. The molecule has 2 aromatic carbocycles. The largest absolute Gasteiger partial charge is 0.481 e. The van der Waals surface area contributed by atoms with Crippen LogP contribution < -0.4 is 5.43 Å². The monoisotopic (exact) mass is 637 g/mol. The van der Waals surface area contributed by atoms with Crippen molar-refractivity contribution in [1.82, 2.24) is 9.91 Å². The summed E-state index contributed by atoms with van der Waals surface area (Å²) in [6, 6.07) is 19.8. The van der Waals surface area contributed by atoms with Gasteiger partial charge in [0.2, 0.25) is 11.8 Å². The molecular weight excluding hydrogens is 602 g/mol. The molecule has 4 aliphatic rings. The van der Waals surface area contributed by atoms with E-state index in [4.69, 9.17) is 9.52 Å². The second-order valence-corrected chi connectivity index (χ2v) is 12.9. The van der Waals surface area contributed by atoms with Gasteiger partial charge in [-0.1, -0.05) is 59.7 Å². The number of carboxylic acids is 1. The number of nitrogens with zero attached hydrogens (tertiary/aromatic N) is 2. The Morgan fingerprint density at radius 2 is 1.70 bits per heavy atom. The van der Waals surface area contributed by atoms with Crippen molar-refractivity contribution in [2.75, 3.05) is 12.0 Å². The number of carboxylic acid groups (broad SMARTS) is 1. The van der Waals surface area contributed by atoms with E-state index in [1.807, 2.05) is 55.5 Å². The van der Waals surface area contributed by atoms with E-state index in [1.165, 1.54) is 4.90 Å². The molecule has 3 N–H and O–H groups in total. The van der Waals surface area contributed by atoms with Crippen molar-refractivity contribution < 1.29 is 38.6 Å². The highest BCUT2D eigenvalue weighted by atomic mass is 16.4. The molecule has 242 valence electrons. The number of hydrazine groups is 1. The van der Waals surface area contributed by atoms with Crippen molar-refractivity contribution in [3.8, 4) is 0 Å². The van der Waals surface area contributed by atoms with Gasteiger partial charge in [-0.2, -0.15) is 5.01 Å². The van der Waals surface area contributed by atoms with Crippen LogP contribution in [0, 0.1) is 30.6 Å². The molecule has 2 saturated heterocycles. The van der Waals surface area contributed by atoms with E-state index in [2.05, 4.69) is 5.43 Å². The number of fused-ring (bicyclic) bond motifs is 4. The number of benzene rings is 2. The average molecular weight is 638 g/mol. The van der Waals surface area contributed by atoms with Crippen LogP contribution in [0.5, 0.6) is 0 Å². The van der Waals surface area contributed by atoms with Crippen molar-refractivity contribution >= 4 is 35.3 Å². The summed E-state index contributed by atoms with van der Waals surface area (Å²) >= 11 is 0. The Labute approximate surface area is 270 Å². The molecule has 47 heavy (non-hydrogen) atoms. The Morgan fingerprint density at radius 3 is 2.38 bits per heavy atom. The smallest absolute Gasteiger partial charge is 0.303 e. The maximum atomic E-state index is 15.0. The van der Waals surface area contributed by atoms with Crippen LogP contribution in [0.2, 0.25) is 0 Å². The van der Waals surface area contributed by atoms with Crippen molar-refractivity contribution in [2.45, 2.75) is 50.5 Å². The number of likely N-dealkylation sites (tertiary alicyclic amines) is 1. The topological polar surface area (TPSA) is 157 Å². The lowest BCUT2D eigenvalue weighted by atomic mass is 9.50. The maximum Gasteiger partial charge on any atom is 0.303 e. The number of anilines is 1. The number of aryl methyl sites for hydroxylation is 1. The molecule has 11 nitrogen and oxygen atoms in total. The summed E-state index contributed by atoms with van der Waals surface area (Å²) in [5, 5.41) is 20.1. The lowest BCUT2D eigenvalue weighted by Crippen LogP contribution is -2.53. The molecule has 6 atom stereocenters. The first-order chi connectivity index (χ1) is 22.7. The SMILES string of the molecule is Cc1ccc(NN2C(=O)C3CC4C(=CCC5C(=O)N(CCCC(=O)O)C(=O)C54)C(c4ccc(CO)o4)C3(c3ccccc3)C2=O)cc1. The summed E-state index contributed by atoms with van der Waals surface area (Å²) in [5.74, 6) is -5.68. The number of imide groups is 2. The second kappa shape index (κ2) is 11.6.